The lowest BCUT2D eigenvalue weighted by molar-refractivity contribution is -0.144. The van der Waals surface area contributed by atoms with Crippen LogP contribution in [-0.2, 0) is 14.9 Å². The van der Waals surface area contributed by atoms with Crippen molar-refractivity contribution >= 4 is 5.97 Å². The Morgan fingerprint density at radius 2 is 1.88 bits per heavy atom. The summed E-state index contributed by atoms with van der Waals surface area (Å²) in [7, 11) is 3.07. The highest BCUT2D eigenvalue weighted by Gasteiger charge is 2.59. The van der Waals surface area contributed by atoms with Gasteiger partial charge in [0.25, 0.3) is 0 Å². The van der Waals surface area contributed by atoms with E-state index in [1.807, 2.05) is 24.3 Å². The van der Waals surface area contributed by atoms with Crippen molar-refractivity contribution in [3.05, 3.63) is 29.8 Å². The third-order valence-electron chi connectivity index (χ3n) is 3.46. The lowest BCUT2D eigenvalue weighted by Gasteiger charge is -2.14. The molecule has 0 amide bonds. The summed E-state index contributed by atoms with van der Waals surface area (Å²) < 4.78 is 9.99. The molecule has 3 nitrogen and oxygen atoms in total. The van der Waals surface area contributed by atoms with Gasteiger partial charge >= 0.3 is 5.97 Å². The third-order valence-corrected chi connectivity index (χ3v) is 3.46. The van der Waals surface area contributed by atoms with Crippen LogP contribution in [0.15, 0.2) is 24.3 Å². The van der Waals surface area contributed by atoms with E-state index < -0.39 is 5.41 Å². The van der Waals surface area contributed by atoms with Crippen molar-refractivity contribution in [1.29, 1.82) is 0 Å². The fraction of sp³-hybridized carbons (Fsp3) is 0.462. The minimum atomic E-state index is -0.416. The minimum absolute atomic E-state index is 0.134. The quantitative estimate of drug-likeness (QED) is 0.732. The molecule has 0 aromatic heterocycles. The fourth-order valence-corrected chi connectivity index (χ4v) is 2.30. The van der Waals surface area contributed by atoms with Crippen LogP contribution in [0.5, 0.6) is 5.75 Å². The molecular weight excluding hydrogens is 204 g/mol. The number of methoxy groups -OCH3 is 2. The molecule has 0 bridgehead atoms. The molecule has 16 heavy (non-hydrogen) atoms. The molecule has 2 atom stereocenters. The van der Waals surface area contributed by atoms with Crippen molar-refractivity contribution in [3.63, 3.8) is 0 Å². The summed E-state index contributed by atoms with van der Waals surface area (Å²) in [5.74, 6) is 1.02. The van der Waals surface area contributed by atoms with Gasteiger partial charge in [-0.25, -0.2) is 0 Å². The van der Waals surface area contributed by atoms with E-state index in [-0.39, 0.29) is 5.97 Å². The van der Waals surface area contributed by atoms with Gasteiger partial charge in [0, 0.05) is 0 Å². The van der Waals surface area contributed by atoms with Crippen LogP contribution in [0.25, 0.3) is 0 Å². The number of ether oxygens (including phenoxy) is 2. The molecule has 0 saturated heterocycles. The molecule has 1 aromatic rings. The maximum absolute atomic E-state index is 11.8. The summed E-state index contributed by atoms with van der Waals surface area (Å²) in [6, 6.07) is 7.65. The van der Waals surface area contributed by atoms with Gasteiger partial charge in [0.15, 0.2) is 0 Å². The van der Waals surface area contributed by atoms with Crippen LogP contribution in [0.3, 0.4) is 0 Å². The average Bonchev–Trinajstić information content (AvgIpc) is 3.01. The van der Waals surface area contributed by atoms with Gasteiger partial charge in [-0.3, -0.25) is 4.79 Å². The number of benzene rings is 1. The zero-order valence-electron chi connectivity index (χ0n) is 9.82. The van der Waals surface area contributed by atoms with Crippen LogP contribution in [0.1, 0.15) is 18.9 Å². The van der Waals surface area contributed by atoms with Crippen molar-refractivity contribution in [2.24, 2.45) is 5.92 Å². The molecule has 0 radical (unpaired) electrons. The molecular formula is C13H16O3. The lowest BCUT2D eigenvalue weighted by atomic mass is 9.93. The zero-order valence-corrected chi connectivity index (χ0v) is 9.82. The van der Waals surface area contributed by atoms with Crippen LogP contribution in [0, 0.1) is 5.92 Å². The molecule has 3 heteroatoms. The first-order chi connectivity index (χ1) is 7.65. The van der Waals surface area contributed by atoms with Gasteiger partial charge in [-0.1, -0.05) is 19.1 Å². The molecule has 0 aliphatic heterocycles. The van der Waals surface area contributed by atoms with Crippen LogP contribution in [-0.4, -0.2) is 20.2 Å². The number of hydrogen-bond acceptors (Lipinski definition) is 3. The lowest BCUT2D eigenvalue weighted by Crippen LogP contribution is -2.23. The predicted octanol–water partition coefficient (Wildman–Crippen LogP) is 2.15. The molecule has 1 aliphatic carbocycles. The van der Waals surface area contributed by atoms with E-state index in [9.17, 15) is 4.79 Å². The smallest absolute Gasteiger partial charge is 0.316 e. The van der Waals surface area contributed by atoms with E-state index in [1.165, 1.54) is 7.11 Å². The highest BCUT2D eigenvalue weighted by atomic mass is 16.5. The average molecular weight is 220 g/mol. The Bertz CT molecular complexity index is 396. The molecule has 1 fully saturated rings. The second kappa shape index (κ2) is 3.81. The fourth-order valence-electron chi connectivity index (χ4n) is 2.30. The van der Waals surface area contributed by atoms with E-state index >= 15 is 0 Å². The Kier molecular flexibility index (Phi) is 2.62. The Morgan fingerprint density at radius 3 is 2.25 bits per heavy atom. The van der Waals surface area contributed by atoms with Gasteiger partial charge < -0.3 is 9.47 Å². The number of hydrogen-bond donors (Lipinski definition) is 0. The maximum Gasteiger partial charge on any atom is 0.316 e. The van der Waals surface area contributed by atoms with Crippen molar-refractivity contribution in [1.82, 2.24) is 0 Å². The van der Waals surface area contributed by atoms with Gasteiger partial charge in [0.2, 0.25) is 0 Å². The number of carbonyl (C=O) groups excluding carboxylic acids is 1. The van der Waals surface area contributed by atoms with Crippen LogP contribution >= 0.6 is 0 Å². The number of esters is 1. The standard InChI is InChI=1S/C13H16O3/c1-9-8-13(9,12(14)16-3)10-4-6-11(15-2)7-5-10/h4-7,9H,8H2,1-3H3. The van der Waals surface area contributed by atoms with Gasteiger partial charge in [0.05, 0.1) is 19.6 Å². The first-order valence-electron chi connectivity index (χ1n) is 5.38. The van der Waals surface area contributed by atoms with Crippen molar-refractivity contribution in [2.45, 2.75) is 18.8 Å². The van der Waals surface area contributed by atoms with Crippen molar-refractivity contribution in [2.75, 3.05) is 14.2 Å². The predicted molar refractivity (Wildman–Crippen MR) is 60.5 cm³/mol. The molecule has 0 N–H and O–H groups in total. The Balaban J connectivity index is 2.31. The highest BCUT2D eigenvalue weighted by molar-refractivity contribution is 5.87. The van der Waals surface area contributed by atoms with Gasteiger partial charge in [-0.15, -0.1) is 0 Å². The maximum atomic E-state index is 11.8. The zero-order chi connectivity index (χ0) is 11.8. The van der Waals surface area contributed by atoms with Crippen LogP contribution in [0.2, 0.25) is 0 Å². The van der Waals surface area contributed by atoms with E-state index in [1.54, 1.807) is 7.11 Å². The summed E-state index contributed by atoms with van der Waals surface area (Å²) in [6.07, 6.45) is 0.867. The summed E-state index contributed by atoms with van der Waals surface area (Å²) in [4.78, 5) is 11.8. The Morgan fingerprint density at radius 1 is 1.31 bits per heavy atom. The van der Waals surface area contributed by atoms with Crippen molar-refractivity contribution in [3.8, 4) is 5.75 Å². The normalized spacial score (nSPS) is 27.3. The summed E-state index contributed by atoms with van der Waals surface area (Å²) in [6.45, 7) is 2.07. The minimum Gasteiger partial charge on any atom is -0.497 e. The van der Waals surface area contributed by atoms with Gasteiger partial charge in [-0.2, -0.15) is 0 Å². The molecule has 1 aromatic carbocycles. The summed E-state index contributed by atoms with van der Waals surface area (Å²) in [5, 5.41) is 0. The molecule has 2 rings (SSSR count). The second-order valence-corrected chi connectivity index (χ2v) is 4.30. The third kappa shape index (κ3) is 1.47. The Hall–Kier alpha value is -1.51. The SMILES string of the molecule is COC(=O)C1(c2ccc(OC)cc2)CC1C. The Labute approximate surface area is 95.4 Å². The first-order valence-corrected chi connectivity index (χ1v) is 5.38. The summed E-state index contributed by atoms with van der Waals surface area (Å²) >= 11 is 0. The second-order valence-electron chi connectivity index (χ2n) is 4.30. The molecule has 2 unspecified atom stereocenters. The molecule has 1 saturated carbocycles. The molecule has 0 spiro atoms. The topological polar surface area (TPSA) is 35.5 Å². The van der Waals surface area contributed by atoms with E-state index in [0.717, 1.165) is 17.7 Å². The van der Waals surface area contributed by atoms with Gasteiger partial charge in [0.1, 0.15) is 5.75 Å². The van der Waals surface area contributed by atoms with Crippen LogP contribution in [0.4, 0.5) is 0 Å². The number of rotatable bonds is 3. The highest BCUT2D eigenvalue weighted by Crippen LogP contribution is 2.54. The van der Waals surface area contributed by atoms with E-state index in [0.29, 0.717) is 5.92 Å². The van der Waals surface area contributed by atoms with E-state index in [4.69, 9.17) is 9.47 Å². The monoisotopic (exact) mass is 220 g/mol. The molecule has 1 aliphatic rings. The largest absolute Gasteiger partial charge is 0.497 e. The molecule has 0 heterocycles. The van der Waals surface area contributed by atoms with Crippen molar-refractivity contribution < 1.29 is 14.3 Å². The number of carbonyl (C=O) groups is 1. The van der Waals surface area contributed by atoms with E-state index in [2.05, 4.69) is 6.92 Å². The first kappa shape index (κ1) is 11.0. The molecule has 86 valence electrons. The van der Waals surface area contributed by atoms with Gasteiger partial charge in [-0.05, 0) is 30.0 Å². The summed E-state index contributed by atoms with van der Waals surface area (Å²) in [5.41, 5.74) is 0.605. The van der Waals surface area contributed by atoms with Crippen LogP contribution < -0.4 is 4.74 Å².